The molecule has 2 aromatic heterocycles. The number of rotatable bonds is 4. The molecule has 1 amide bonds. The fourth-order valence-electron chi connectivity index (χ4n) is 4.59. The maximum absolute atomic E-state index is 13.9. The molecule has 0 spiro atoms. The topological polar surface area (TPSA) is 87.4 Å². The number of fused-ring (bicyclic) bond motifs is 1. The zero-order valence-corrected chi connectivity index (χ0v) is 21.8. The number of carbonyl (C=O) groups is 1. The fourth-order valence-corrected chi connectivity index (χ4v) is 4.59. The van der Waals surface area contributed by atoms with E-state index in [0.29, 0.717) is 30.0 Å². The van der Waals surface area contributed by atoms with Crippen LogP contribution >= 0.6 is 0 Å². The number of carbonyl (C=O) groups excluding carboxylic acids is 1. The highest BCUT2D eigenvalue weighted by Crippen LogP contribution is 2.34. The van der Waals surface area contributed by atoms with Crippen molar-refractivity contribution in [2.24, 2.45) is 0 Å². The summed E-state index contributed by atoms with van der Waals surface area (Å²) in [5.74, 6) is 5.84. The van der Waals surface area contributed by atoms with Crippen LogP contribution in [-0.4, -0.2) is 58.9 Å². The molecule has 7 nitrogen and oxygen atoms in total. The van der Waals surface area contributed by atoms with E-state index in [1.54, 1.807) is 6.20 Å². The minimum absolute atomic E-state index is 0.0513. The van der Waals surface area contributed by atoms with E-state index in [1.165, 1.54) is 30.6 Å². The molecular weight excluding hydrogens is 517 g/mol. The van der Waals surface area contributed by atoms with E-state index in [1.807, 2.05) is 36.2 Å². The van der Waals surface area contributed by atoms with Crippen LogP contribution in [0, 0.1) is 11.8 Å². The lowest BCUT2D eigenvalue weighted by molar-refractivity contribution is -0.138. The maximum Gasteiger partial charge on any atom is 0.416 e. The number of aromatic nitrogens is 2. The number of benzene rings is 2. The Bertz CT molecular complexity index is 1620. The van der Waals surface area contributed by atoms with Crippen molar-refractivity contribution in [2.75, 3.05) is 44.3 Å². The highest BCUT2D eigenvalue weighted by atomic mass is 19.4. The number of alkyl halides is 3. The molecule has 40 heavy (non-hydrogen) atoms. The highest BCUT2D eigenvalue weighted by Gasteiger charge is 2.34. The summed E-state index contributed by atoms with van der Waals surface area (Å²) in [7, 11) is 1.99. The highest BCUT2D eigenvalue weighted by molar-refractivity contribution is 6.04. The minimum atomic E-state index is -4.55. The smallest absolute Gasteiger partial charge is 0.383 e. The van der Waals surface area contributed by atoms with Gasteiger partial charge >= 0.3 is 6.18 Å². The Morgan fingerprint density at radius 3 is 2.50 bits per heavy atom. The SMILES string of the molecule is CN1CCN(Cc2ccc(NC(=O)c3cncc(C#Cc4cnc(N)c5ccccc45)c3)cc2C(F)(F)F)CC1. The third-order valence-electron chi connectivity index (χ3n) is 6.83. The van der Waals surface area contributed by atoms with Gasteiger partial charge in [0.15, 0.2) is 0 Å². The van der Waals surface area contributed by atoms with Gasteiger partial charge < -0.3 is 16.0 Å². The molecule has 3 N–H and O–H groups in total. The van der Waals surface area contributed by atoms with E-state index < -0.39 is 17.6 Å². The molecule has 0 saturated carbocycles. The summed E-state index contributed by atoms with van der Waals surface area (Å²) in [6.45, 7) is 3.20. The van der Waals surface area contributed by atoms with Gasteiger partial charge in [-0.2, -0.15) is 13.2 Å². The van der Waals surface area contributed by atoms with E-state index in [0.717, 1.165) is 29.9 Å². The van der Waals surface area contributed by atoms with E-state index in [4.69, 9.17) is 5.73 Å². The zero-order valence-electron chi connectivity index (χ0n) is 21.8. The summed E-state index contributed by atoms with van der Waals surface area (Å²) in [5, 5.41) is 4.20. The van der Waals surface area contributed by atoms with Crippen molar-refractivity contribution in [2.45, 2.75) is 12.7 Å². The lowest BCUT2D eigenvalue weighted by atomic mass is 10.0. The summed E-state index contributed by atoms with van der Waals surface area (Å²) >= 11 is 0. The quantitative estimate of drug-likeness (QED) is 0.365. The van der Waals surface area contributed by atoms with Crippen molar-refractivity contribution in [3.8, 4) is 11.8 Å². The number of nitrogens with one attached hydrogen (secondary N) is 1. The molecule has 0 radical (unpaired) electrons. The van der Waals surface area contributed by atoms with E-state index >= 15 is 0 Å². The fraction of sp³-hybridized carbons (Fsp3) is 0.233. The zero-order chi connectivity index (χ0) is 28.3. The average Bonchev–Trinajstić information content (AvgIpc) is 2.94. The summed E-state index contributed by atoms with van der Waals surface area (Å²) in [6, 6.07) is 12.9. The Morgan fingerprint density at radius 2 is 1.75 bits per heavy atom. The molecule has 2 aromatic carbocycles. The molecular formula is C30H27F3N6O. The van der Waals surface area contributed by atoms with Crippen LogP contribution in [0.5, 0.6) is 0 Å². The van der Waals surface area contributed by atoms with Crippen LogP contribution in [0.4, 0.5) is 24.7 Å². The number of hydrogen-bond donors (Lipinski definition) is 2. The van der Waals surface area contributed by atoms with Gasteiger partial charge in [0, 0.05) is 73.3 Å². The minimum Gasteiger partial charge on any atom is -0.383 e. The van der Waals surface area contributed by atoms with E-state index in [-0.39, 0.29) is 23.4 Å². The number of nitrogens with two attached hydrogens (primary N) is 1. The van der Waals surface area contributed by atoms with Crippen molar-refractivity contribution in [1.82, 2.24) is 19.8 Å². The molecule has 0 bridgehead atoms. The van der Waals surface area contributed by atoms with Crippen molar-refractivity contribution in [3.05, 3.63) is 94.9 Å². The van der Waals surface area contributed by atoms with E-state index in [2.05, 4.69) is 32.0 Å². The van der Waals surface area contributed by atoms with Crippen molar-refractivity contribution >= 4 is 28.2 Å². The first-order chi connectivity index (χ1) is 19.2. The van der Waals surface area contributed by atoms with Gasteiger partial charge in [0.25, 0.3) is 5.91 Å². The predicted octanol–water partition coefficient (Wildman–Crippen LogP) is 4.63. The molecule has 0 unspecified atom stereocenters. The standard InChI is InChI=1S/C30H27F3N6O/c1-38-10-12-39(13-11-38)19-22-8-9-24(15-27(22)30(31,32)33)37-29(40)23-14-20(16-35-17-23)6-7-21-18-36-28(34)26-5-3-2-4-25(21)26/h2-5,8-9,14-18H,10-13,19H2,1H3,(H2,34,36)(H,37,40). The van der Waals surface area contributed by atoms with E-state index in [9.17, 15) is 18.0 Å². The van der Waals surface area contributed by atoms with Crippen molar-refractivity contribution < 1.29 is 18.0 Å². The molecule has 204 valence electrons. The second kappa shape index (κ2) is 11.3. The Morgan fingerprint density at radius 1 is 1.00 bits per heavy atom. The number of piperazine rings is 1. The number of nitrogens with zero attached hydrogens (tertiary/aromatic N) is 4. The Kier molecular flexibility index (Phi) is 7.69. The summed E-state index contributed by atoms with van der Waals surface area (Å²) in [6.07, 6.45) is -0.125. The number of anilines is 2. The molecule has 1 saturated heterocycles. The van der Waals surface area contributed by atoms with Gasteiger partial charge in [-0.25, -0.2) is 4.98 Å². The third-order valence-corrected chi connectivity index (χ3v) is 6.83. The normalized spacial score (nSPS) is 14.5. The molecule has 3 heterocycles. The van der Waals surface area contributed by atoms with Crippen LogP contribution in [-0.2, 0) is 12.7 Å². The van der Waals surface area contributed by atoms with Gasteiger partial charge in [0.05, 0.1) is 16.7 Å². The van der Waals surface area contributed by atoms with Gasteiger partial charge in [0.2, 0.25) is 0 Å². The number of nitrogen functional groups attached to an aromatic ring is 1. The summed E-state index contributed by atoms with van der Waals surface area (Å²) < 4.78 is 41.8. The predicted molar refractivity (Wildman–Crippen MR) is 149 cm³/mol. The van der Waals surface area contributed by atoms with Crippen molar-refractivity contribution in [3.63, 3.8) is 0 Å². The van der Waals surface area contributed by atoms with Gasteiger partial charge in [0.1, 0.15) is 5.82 Å². The number of hydrogen-bond acceptors (Lipinski definition) is 6. The van der Waals surface area contributed by atoms with Gasteiger partial charge in [-0.05, 0) is 30.8 Å². The molecule has 1 aliphatic heterocycles. The number of amides is 1. The van der Waals surface area contributed by atoms with Crippen molar-refractivity contribution in [1.29, 1.82) is 0 Å². The number of pyridine rings is 2. The van der Waals surface area contributed by atoms with Crippen LogP contribution in [0.2, 0.25) is 0 Å². The first kappa shape index (κ1) is 27.1. The number of halogens is 3. The lowest BCUT2D eigenvalue weighted by Gasteiger charge is -2.33. The van der Waals surface area contributed by atoms with Crippen LogP contribution in [0.1, 0.15) is 32.6 Å². The second-order valence-corrected chi connectivity index (χ2v) is 9.72. The van der Waals surface area contributed by atoms with Crippen LogP contribution in [0.3, 0.4) is 0 Å². The molecule has 5 rings (SSSR count). The molecule has 0 atom stereocenters. The van der Waals surface area contributed by atoms with Gasteiger partial charge in [-0.3, -0.25) is 14.7 Å². The first-order valence-corrected chi connectivity index (χ1v) is 12.7. The Balaban J connectivity index is 1.34. The molecule has 1 aliphatic rings. The molecule has 1 fully saturated rings. The lowest BCUT2D eigenvalue weighted by Crippen LogP contribution is -2.44. The van der Waals surface area contributed by atoms with Crippen LogP contribution in [0.15, 0.2) is 67.1 Å². The van der Waals surface area contributed by atoms with Gasteiger partial charge in [-0.1, -0.05) is 42.2 Å². The Hall–Kier alpha value is -4.46. The second-order valence-electron chi connectivity index (χ2n) is 9.72. The Labute approximate surface area is 229 Å². The molecule has 0 aliphatic carbocycles. The average molecular weight is 545 g/mol. The van der Waals surface area contributed by atoms with Crippen LogP contribution < -0.4 is 11.1 Å². The monoisotopic (exact) mass is 544 g/mol. The molecule has 10 heteroatoms. The third kappa shape index (κ3) is 6.22. The largest absolute Gasteiger partial charge is 0.416 e. The number of likely N-dealkylation sites (N-methyl/N-ethyl adjacent to an activating group) is 1. The van der Waals surface area contributed by atoms with Gasteiger partial charge in [-0.15, -0.1) is 0 Å². The summed E-state index contributed by atoms with van der Waals surface area (Å²) in [4.78, 5) is 25.4. The first-order valence-electron chi connectivity index (χ1n) is 12.7. The molecule has 4 aromatic rings. The summed E-state index contributed by atoms with van der Waals surface area (Å²) in [5.41, 5.74) is 6.73. The maximum atomic E-state index is 13.9. The van der Waals surface area contributed by atoms with Crippen LogP contribution in [0.25, 0.3) is 10.8 Å².